The molecule has 0 N–H and O–H groups in total. The van der Waals surface area contributed by atoms with Gasteiger partial charge in [-0.2, -0.15) is 0 Å². The monoisotopic (exact) mass is 113 g/mol. The average molecular weight is 113 g/mol. The molecule has 0 aliphatic heterocycles. The molecule has 0 saturated heterocycles. The van der Waals surface area contributed by atoms with Crippen LogP contribution >= 0.6 is 0 Å². The molecule has 1 heteroatoms. The number of allylic oxidation sites excluding steroid dienone is 1. The first kappa shape index (κ1) is 7.70. The molecule has 0 saturated carbocycles. The summed E-state index contributed by atoms with van der Waals surface area (Å²) in [4.78, 5) is 0. The minimum atomic E-state index is -0.383. The molecule has 8 heavy (non-hydrogen) atoms. The van der Waals surface area contributed by atoms with E-state index in [1.54, 1.807) is 0 Å². The lowest BCUT2D eigenvalue weighted by Crippen LogP contribution is -1.98. The standard InChI is InChI=1S/C7H13O/c1-3-5-6-7(8)4-2/h3,5,7H,4,6H2,1-2H3/b5-3+. The number of hydrogen-bond acceptors (Lipinski definition) is 0. The van der Waals surface area contributed by atoms with Crippen molar-refractivity contribution in [3.8, 4) is 0 Å². The Bertz CT molecular complexity index is 66.8. The molecule has 0 aliphatic carbocycles. The first-order chi connectivity index (χ1) is 3.81. The van der Waals surface area contributed by atoms with Gasteiger partial charge in [0.05, 0.1) is 6.10 Å². The van der Waals surface area contributed by atoms with Crippen molar-refractivity contribution in [1.82, 2.24) is 0 Å². The maximum atomic E-state index is 10.6. The van der Waals surface area contributed by atoms with Gasteiger partial charge in [0.1, 0.15) is 0 Å². The van der Waals surface area contributed by atoms with Gasteiger partial charge in [-0.1, -0.05) is 19.1 Å². The SMILES string of the molecule is C/C=C/CC([O])CC. The van der Waals surface area contributed by atoms with Crippen molar-refractivity contribution in [2.75, 3.05) is 0 Å². The summed E-state index contributed by atoms with van der Waals surface area (Å²) in [5.74, 6) is 0. The molecule has 0 heterocycles. The molecule has 47 valence electrons. The van der Waals surface area contributed by atoms with E-state index in [0.717, 1.165) is 6.42 Å². The third kappa shape index (κ3) is 3.88. The summed E-state index contributed by atoms with van der Waals surface area (Å²) >= 11 is 0. The summed E-state index contributed by atoms with van der Waals surface area (Å²) in [5, 5.41) is 10.6. The van der Waals surface area contributed by atoms with Crippen molar-refractivity contribution in [1.29, 1.82) is 0 Å². The van der Waals surface area contributed by atoms with Crippen LogP contribution in [0.5, 0.6) is 0 Å². The Morgan fingerprint density at radius 3 is 2.62 bits per heavy atom. The van der Waals surface area contributed by atoms with E-state index in [1.807, 2.05) is 26.0 Å². The number of hydrogen-bond donors (Lipinski definition) is 0. The van der Waals surface area contributed by atoms with Gasteiger partial charge in [-0.25, -0.2) is 5.11 Å². The zero-order chi connectivity index (χ0) is 6.41. The van der Waals surface area contributed by atoms with Gasteiger partial charge in [0, 0.05) is 0 Å². The van der Waals surface area contributed by atoms with Crippen LogP contribution in [-0.2, 0) is 5.11 Å². The molecule has 0 rings (SSSR count). The molecule has 0 amide bonds. The molecule has 1 radical (unpaired) electrons. The quantitative estimate of drug-likeness (QED) is 0.500. The highest BCUT2D eigenvalue weighted by Gasteiger charge is 1.96. The Morgan fingerprint density at radius 2 is 2.25 bits per heavy atom. The molecule has 0 aliphatic rings. The molecule has 0 fully saturated rings. The van der Waals surface area contributed by atoms with Gasteiger partial charge in [-0.3, -0.25) is 0 Å². The first-order valence-electron chi connectivity index (χ1n) is 3.08. The van der Waals surface area contributed by atoms with E-state index in [-0.39, 0.29) is 6.10 Å². The summed E-state index contributed by atoms with van der Waals surface area (Å²) < 4.78 is 0. The molecule has 0 aromatic rings. The molecule has 1 atom stereocenters. The van der Waals surface area contributed by atoms with Crippen LogP contribution in [0.3, 0.4) is 0 Å². The predicted octanol–water partition coefficient (Wildman–Crippen LogP) is 2.16. The smallest absolute Gasteiger partial charge is 0.0961 e. The summed E-state index contributed by atoms with van der Waals surface area (Å²) in [6, 6.07) is 0. The molecule has 0 spiro atoms. The summed E-state index contributed by atoms with van der Waals surface area (Å²) in [6.07, 6.45) is 4.88. The molecular weight excluding hydrogens is 100 g/mol. The zero-order valence-corrected chi connectivity index (χ0v) is 5.55. The van der Waals surface area contributed by atoms with Gasteiger partial charge in [0.15, 0.2) is 0 Å². The normalized spacial score (nSPS) is 14.9. The van der Waals surface area contributed by atoms with Crippen LogP contribution in [0.4, 0.5) is 0 Å². The topological polar surface area (TPSA) is 19.9 Å². The lowest BCUT2D eigenvalue weighted by atomic mass is 10.2. The highest BCUT2D eigenvalue weighted by atomic mass is 16.3. The minimum absolute atomic E-state index is 0.383. The Labute approximate surface area is 51.0 Å². The van der Waals surface area contributed by atoms with Crippen LogP contribution in [0.15, 0.2) is 12.2 Å². The third-order valence-corrected chi connectivity index (χ3v) is 1.09. The van der Waals surface area contributed by atoms with Crippen LogP contribution in [0, 0.1) is 0 Å². The van der Waals surface area contributed by atoms with E-state index >= 15 is 0 Å². The predicted molar refractivity (Wildman–Crippen MR) is 34.2 cm³/mol. The fraction of sp³-hybridized carbons (Fsp3) is 0.714. The second kappa shape index (κ2) is 4.85. The van der Waals surface area contributed by atoms with Crippen LogP contribution in [0.25, 0.3) is 0 Å². The Kier molecular flexibility index (Phi) is 4.67. The zero-order valence-electron chi connectivity index (χ0n) is 5.55. The summed E-state index contributed by atoms with van der Waals surface area (Å²) in [7, 11) is 0. The maximum Gasteiger partial charge on any atom is 0.0961 e. The average Bonchev–Trinajstić information content (AvgIpc) is 1.83. The highest BCUT2D eigenvalue weighted by Crippen LogP contribution is 1.97. The first-order valence-corrected chi connectivity index (χ1v) is 3.08. The van der Waals surface area contributed by atoms with Crippen molar-refractivity contribution in [3.63, 3.8) is 0 Å². The van der Waals surface area contributed by atoms with Gasteiger partial charge < -0.3 is 0 Å². The van der Waals surface area contributed by atoms with Crippen molar-refractivity contribution < 1.29 is 5.11 Å². The van der Waals surface area contributed by atoms with Gasteiger partial charge >= 0.3 is 0 Å². The number of rotatable bonds is 3. The van der Waals surface area contributed by atoms with E-state index in [2.05, 4.69) is 0 Å². The van der Waals surface area contributed by atoms with Gasteiger partial charge in [0.25, 0.3) is 0 Å². The van der Waals surface area contributed by atoms with Crippen LogP contribution < -0.4 is 0 Å². The second-order valence-corrected chi connectivity index (χ2v) is 1.83. The summed E-state index contributed by atoms with van der Waals surface area (Å²) in [5.41, 5.74) is 0. The lowest BCUT2D eigenvalue weighted by Gasteiger charge is -1.96. The van der Waals surface area contributed by atoms with Crippen molar-refractivity contribution in [2.45, 2.75) is 32.8 Å². The van der Waals surface area contributed by atoms with Gasteiger partial charge in [0.2, 0.25) is 0 Å². The molecule has 1 unspecified atom stereocenters. The fourth-order valence-electron chi connectivity index (χ4n) is 0.455. The van der Waals surface area contributed by atoms with E-state index in [4.69, 9.17) is 0 Å². The van der Waals surface area contributed by atoms with Crippen LogP contribution in [0.1, 0.15) is 26.7 Å². The molecular formula is C7H13O. The van der Waals surface area contributed by atoms with Gasteiger partial charge in [-0.05, 0) is 19.8 Å². The highest BCUT2D eigenvalue weighted by molar-refractivity contribution is 4.79. The van der Waals surface area contributed by atoms with Crippen molar-refractivity contribution in [2.24, 2.45) is 0 Å². The molecule has 0 aromatic heterocycles. The Hall–Kier alpha value is -0.300. The second-order valence-electron chi connectivity index (χ2n) is 1.83. The van der Waals surface area contributed by atoms with Gasteiger partial charge in [-0.15, -0.1) is 0 Å². The van der Waals surface area contributed by atoms with Crippen LogP contribution in [-0.4, -0.2) is 6.10 Å². The van der Waals surface area contributed by atoms with E-state index < -0.39 is 0 Å². The third-order valence-electron chi connectivity index (χ3n) is 1.09. The van der Waals surface area contributed by atoms with E-state index in [1.165, 1.54) is 0 Å². The molecule has 0 bridgehead atoms. The molecule has 0 aromatic carbocycles. The molecule has 1 nitrogen and oxygen atoms in total. The summed E-state index contributed by atoms with van der Waals surface area (Å²) in [6.45, 7) is 3.85. The largest absolute Gasteiger partial charge is 0.233 e. The fourth-order valence-corrected chi connectivity index (χ4v) is 0.455. The Morgan fingerprint density at radius 1 is 1.62 bits per heavy atom. The maximum absolute atomic E-state index is 10.6. The van der Waals surface area contributed by atoms with Crippen molar-refractivity contribution >= 4 is 0 Å². The van der Waals surface area contributed by atoms with E-state index in [0.29, 0.717) is 6.42 Å². The van der Waals surface area contributed by atoms with Crippen molar-refractivity contribution in [3.05, 3.63) is 12.2 Å². The minimum Gasteiger partial charge on any atom is -0.233 e. The van der Waals surface area contributed by atoms with Crippen LogP contribution in [0.2, 0.25) is 0 Å². The lowest BCUT2D eigenvalue weighted by molar-refractivity contribution is 0.0882. The van der Waals surface area contributed by atoms with E-state index in [9.17, 15) is 5.11 Å². The Balaban J connectivity index is 3.10.